The molecule has 0 spiro atoms. The number of thioether (sulfide) groups is 4. The van der Waals surface area contributed by atoms with Gasteiger partial charge in [0.05, 0.1) is 12.6 Å². The molecule has 0 fully saturated rings. The van der Waals surface area contributed by atoms with Gasteiger partial charge in [-0.3, -0.25) is 0 Å². The van der Waals surface area contributed by atoms with Crippen LogP contribution in [0.15, 0.2) is 140 Å². The maximum absolute atomic E-state index is 5.85. The van der Waals surface area contributed by atoms with Gasteiger partial charge in [-0.1, -0.05) is 177 Å². The summed E-state index contributed by atoms with van der Waals surface area (Å²) in [5.74, 6) is 3.18. The van der Waals surface area contributed by atoms with E-state index < -0.39 is 0 Å². The van der Waals surface area contributed by atoms with E-state index in [4.69, 9.17) is 36.7 Å². The van der Waals surface area contributed by atoms with Crippen LogP contribution in [0.5, 0.6) is 0 Å². The molecule has 0 aliphatic rings. The van der Waals surface area contributed by atoms with Crippen molar-refractivity contribution in [2.75, 3.05) is 0 Å². The highest BCUT2D eigenvalue weighted by Crippen LogP contribution is 2.35. The van der Waals surface area contributed by atoms with Crippen molar-refractivity contribution in [2.24, 2.45) is 0 Å². The molecule has 0 aliphatic carbocycles. The van der Waals surface area contributed by atoms with E-state index in [1.807, 2.05) is 60.7 Å². The van der Waals surface area contributed by atoms with Gasteiger partial charge < -0.3 is 0 Å². The summed E-state index contributed by atoms with van der Waals surface area (Å²) in [6.07, 6.45) is 0. The summed E-state index contributed by atoms with van der Waals surface area (Å²) in [5, 5.41) is 0. The molecule has 0 heterocycles. The van der Waals surface area contributed by atoms with E-state index >= 15 is 0 Å². The largest absolute Gasteiger partial charge is 0.121 e. The lowest BCUT2D eigenvalue weighted by molar-refractivity contribution is 1.19. The lowest BCUT2D eigenvalue weighted by atomic mass is 10.0. The first-order valence-corrected chi connectivity index (χ1v) is 19.8. The lowest BCUT2D eigenvalue weighted by Gasteiger charge is -2.18. The summed E-state index contributed by atoms with van der Waals surface area (Å²) < 4.78 is 2.71. The Bertz CT molecular complexity index is 1520. The summed E-state index contributed by atoms with van der Waals surface area (Å²) in [6.45, 7) is 4.39. The van der Waals surface area contributed by atoms with Gasteiger partial charge in [-0.25, -0.2) is 0 Å². The summed E-state index contributed by atoms with van der Waals surface area (Å²) >= 11 is 24.5. The first kappa shape index (κ1) is 34.8. The predicted molar refractivity (Wildman–Crippen MR) is 222 cm³/mol. The molecule has 0 nitrogen and oxygen atoms in total. The van der Waals surface area contributed by atoms with Gasteiger partial charge in [0.25, 0.3) is 0 Å². The Morgan fingerprint density at radius 2 is 0.652 bits per heavy atom. The van der Waals surface area contributed by atoms with Gasteiger partial charge in [-0.2, -0.15) is 0 Å². The van der Waals surface area contributed by atoms with Crippen LogP contribution in [0.1, 0.15) is 44.5 Å². The number of benzene rings is 5. The third-order valence-electron chi connectivity index (χ3n) is 7.12. The number of hydrogen-bond acceptors (Lipinski definition) is 7. The fourth-order valence-corrected chi connectivity index (χ4v) is 9.02. The maximum atomic E-state index is 5.85. The summed E-state index contributed by atoms with van der Waals surface area (Å²) in [5.41, 5.74) is 9.56. The van der Waals surface area contributed by atoms with Gasteiger partial charge in [-0.05, 0) is 44.5 Å². The van der Waals surface area contributed by atoms with Gasteiger partial charge >= 0.3 is 0 Å². The van der Waals surface area contributed by atoms with Gasteiger partial charge in [0.15, 0.2) is 0 Å². The predicted octanol–water partition coefficient (Wildman–Crippen LogP) is 12.4. The molecule has 5 aromatic carbocycles. The molecule has 230 valence electrons. The normalized spacial score (nSPS) is 10.8. The fourth-order valence-electron chi connectivity index (χ4n) is 4.60. The topological polar surface area (TPSA) is 0 Å². The molecule has 0 bridgehead atoms. The minimum atomic E-state index is 0.784. The molecule has 0 radical (unpaired) electrons. The molecule has 0 N–H and O–H groups in total. The van der Waals surface area contributed by atoms with Crippen molar-refractivity contribution in [2.45, 2.75) is 23.0 Å². The van der Waals surface area contributed by atoms with E-state index in [2.05, 4.69) is 79.4 Å². The molecule has 0 saturated carbocycles. The van der Waals surface area contributed by atoms with Crippen molar-refractivity contribution in [3.63, 3.8) is 0 Å². The Labute approximate surface area is 306 Å². The smallest absolute Gasteiger partial charge is 0.0781 e. The Morgan fingerprint density at radius 3 is 0.957 bits per heavy atom. The van der Waals surface area contributed by atoms with Crippen LogP contribution in [0, 0.1) is 0 Å². The van der Waals surface area contributed by atoms with Gasteiger partial charge in [0.2, 0.25) is 0 Å². The zero-order valence-electron chi connectivity index (χ0n) is 25.1. The van der Waals surface area contributed by atoms with E-state index in [9.17, 15) is 0 Å². The lowest BCUT2D eigenvalue weighted by Crippen LogP contribution is -2.03. The standard InChI is InChI=1S/C39H32S7/c1-28(29-14-6-2-7-15-29)43-24-33-22-35(26-45-38(41)31-18-10-4-11-19-31)36(27-46-39(42)32-20-12-5-13-21-32)23-34(33)25-44-37(40)30-16-8-3-9-17-30/h2-23H,1,24-27H2. The van der Waals surface area contributed by atoms with Gasteiger partial charge in [0, 0.05) is 27.9 Å². The Hall–Kier alpha value is -2.49. The Balaban J connectivity index is 1.43. The zero-order valence-corrected chi connectivity index (χ0v) is 30.8. The molecule has 0 aromatic heterocycles. The summed E-state index contributed by atoms with van der Waals surface area (Å²) in [6, 6.07) is 45.9. The van der Waals surface area contributed by atoms with E-state index in [0.29, 0.717) is 0 Å². The molecule has 5 aromatic rings. The molecule has 0 unspecified atom stereocenters. The second kappa shape index (κ2) is 18.2. The van der Waals surface area contributed by atoms with Crippen LogP contribution in [-0.4, -0.2) is 12.6 Å². The minimum Gasteiger partial charge on any atom is -0.121 e. The highest BCUT2D eigenvalue weighted by Gasteiger charge is 2.15. The molecule has 5 rings (SSSR count). The van der Waals surface area contributed by atoms with Crippen molar-refractivity contribution in [1.82, 2.24) is 0 Å². The van der Waals surface area contributed by atoms with E-state index in [-0.39, 0.29) is 0 Å². The number of thiocarbonyl (C=S) groups is 3. The van der Waals surface area contributed by atoms with Crippen LogP contribution in [0.2, 0.25) is 0 Å². The average molecular weight is 725 g/mol. The summed E-state index contributed by atoms with van der Waals surface area (Å²) in [7, 11) is 0. The van der Waals surface area contributed by atoms with Crippen LogP contribution in [0.4, 0.5) is 0 Å². The van der Waals surface area contributed by atoms with Crippen LogP contribution in [-0.2, 0) is 23.0 Å². The van der Waals surface area contributed by atoms with Crippen LogP contribution in [0.3, 0.4) is 0 Å². The van der Waals surface area contributed by atoms with E-state index in [0.717, 1.165) is 62.8 Å². The highest BCUT2D eigenvalue weighted by atomic mass is 32.2. The van der Waals surface area contributed by atoms with Gasteiger partial charge in [0.1, 0.15) is 0 Å². The highest BCUT2D eigenvalue weighted by molar-refractivity contribution is 8.24. The maximum Gasteiger partial charge on any atom is 0.0781 e. The van der Waals surface area contributed by atoms with Crippen molar-refractivity contribution in [3.05, 3.63) is 185 Å². The second-order valence-corrected chi connectivity index (χ2v) is 16.3. The first-order chi connectivity index (χ1) is 22.5. The van der Waals surface area contributed by atoms with E-state index in [1.54, 1.807) is 47.0 Å². The fraction of sp³-hybridized carbons (Fsp3) is 0.103. The molecule has 46 heavy (non-hydrogen) atoms. The Morgan fingerprint density at radius 1 is 0.391 bits per heavy atom. The molecule has 0 atom stereocenters. The Kier molecular flexibility index (Phi) is 13.8. The average Bonchev–Trinajstić information content (AvgIpc) is 3.12. The minimum absolute atomic E-state index is 0.784. The molecular formula is C39H32S7. The quantitative estimate of drug-likeness (QED) is 0.109. The third kappa shape index (κ3) is 10.3. The number of hydrogen-bond donors (Lipinski definition) is 0. The number of rotatable bonds is 13. The first-order valence-electron chi connectivity index (χ1n) is 14.6. The molecule has 0 saturated heterocycles. The van der Waals surface area contributed by atoms with Crippen molar-refractivity contribution in [1.29, 1.82) is 0 Å². The monoisotopic (exact) mass is 724 g/mol. The molecule has 0 amide bonds. The SMILES string of the molecule is C=C(SCc1cc(CSC(=S)c2ccccc2)c(CSC(=S)c2ccccc2)cc1CSC(=S)c1ccccc1)c1ccccc1. The summed E-state index contributed by atoms with van der Waals surface area (Å²) in [4.78, 5) is 1.06. The zero-order chi connectivity index (χ0) is 32.1. The van der Waals surface area contributed by atoms with E-state index in [1.165, 1.54) is 22.3 Å². The van der Waals surface area contributed by atoms with Gasteiger partial charge in [-0.15, -0.1) is 47.0 Å². The van der Waals surface area contributed by atoms with Crippen LogP contribution < -0.4 is 0 Å². The van der Waals surface area contributed by atoms with Crippen molar-refractivity contribution in [3.8, 4) is 0 Å². The van der Waals surface area contributed by atoms with Crippen LogP contribution in [0.25, 0.3) is 4.91 Å². The second-order valence-electron chi connectivity index (χ2n) is 10.3. The molecule has 7 heteroatoms. The molecule has 0 aliphatic heterocycles. The molecular weight excluding hydrogens is 693 g/mol. The third-order valence-corrected chi connectivity index (χ3v) is 12.8. The van der Waals surface area contributed by atoms with Crippen molar-refractivity contribution >= 4 is 101 Å². The van der Waals surface area contributed by atoms with Crippen LogP contribution >= 0.6 is 83.7 Å². The van der Waals surface area contributed by atoms with Crippen molar-refractivity contribution < 1.29 is 0 Å².